The average molecular weight is 278 g/mol. The number of nitrogen functional groups attached to an aromatic ring is 1. The van der Waals surface area contributed by atoms with E-state index in [2.05, 4.69) is 14.9 Å². The quantitative estimate of drug-likeness (QED) is 0.808. The van der Waals surface area contributed by atoms with Crippen LogP contribution in [0.25, 0.3) is 0 Å². The lowest BCUT2D eigenvalue weighted by Gasteiger charge is -2.11. The van der Waals surface area contributed by atoms with Crippen LogP contribution in [0.4, 0.5) is 5.69 Å². The Kier molecular flexibility index (Phi) is 3.77. The fourth-order valence-electron chi connectivity index (χ4n) is 1.71. The van der Waals surface area contributed by atoms with Gasteiger partial charge in [-0.1, -0.05) is 12.1 Å². The maximum absolute atomic E-state index is 12.2. The molecule has 1 aromatic heterocycles. The summed E-state index contributed by atoms with van der Waals surface area (Å²) in [7, 11) is -3.66. The predicted octanol–water partition coefficient (Wildman–Crippen LogP) is 0.846. The molecule has 0 bridgehead atoms. The van der Waals surface area contributed by atoms with Crippen molar-refractivity contribution in [3.8, 4) is 0 Å². The van der Waals surface area contributed by atoms with Crippen LogP contribution in [-0.2, 0) is 16.6 Å². The van der Waals surface area contributed by atoms with Gasteiger partial charge < -0.3 is 5.73 Å². The molecule has 0 saturated heterocycles. The Morgan fingerprint density at radius 3 is 2.68 bits per heavy atom. The molecule has 7 heteroatoms. The zero-order valence-corrected chi connectivity index (χ0v) is 11.2. The van der Waals surface area contributed by atoms with Crippen molar-refractivity contribution in [2.75, 3.05) is 5.73 Å². The molecule has 0 spiro atoms. The van der Waals surface area contributed by atoms with Crippen molar-refractivity contribution < 1.29 is 8.42 Å². The highest BCUT2D eigenvalue weighted by Gasteiger charge is 2.19. The van der Waals surface area contributed by atoms with Gasteiger partial charge in [0.15, 0.2) is 0 Å². The molecule has 1 heterocycles. The Balaban J connectivity index is 2.24. The average Bonchev–Trinajstić information content (AvgIpc) is 2.37. The molecule has 0 aliphatic heterocycles. The molecule has 3 N–H and O–H groups in total. The Labute approximate surface area is 111 Å². The van der Waals surface area contributed by atoms with E-state index in [1.54, 1.807) is 37.3 Å². The van der Waals surface area contributed by atoms with Crippen LogP contribution in [0.2, 0.25) is 0 Å². The first-order valence-electron chi connectivity index (χ1n) is 5.62. The number of nitrogens with two attached hydrogens (primary N) is 1. The smallest absolute Gasteiger partial charge is 0.243 e. The number of rotatable bonds is 4. The largest absolute Gasteiger partial charge is 0.398 e. The summed E-state index contributed by atoms with van der Waals surface area (Å²) >= 11 is 0. The maximum Gasteiger partial charge on any atom is 0.243 e. The van der Waals surface area contributed by atoms with Gasteiger partial charge in [-0.15, -0.1) is 0 Å². The third-order valence-electron chi connectivity index (χ3n) is 2.58. The van der Waals surface area contributed by atoms with Crippen molar-refractivity contribution >= 4 is 15.7 Å². The Morgan fingerprint density at radius 1 is 1.26 bits per heavy atom. The Bertz CT molecular complexity index is 651. The van der Waals surface area contributed by atoms with Gasteiger partial charge >= 0.3 is 0 Å². The van der Waals surface area contributed by atoms with Gasteiger partial charge in [-0.3, -0.25) is 0 Å². The molecule has 19 heavy (non-hydrogen) atoms. The second-order valence-corrected chi connectivity index (χ2v) is 5.74. The van der Waals surface area contributed by atoms with E-state index in [9.17, 15) is 8.42 Å². The van der Waals surface area contributed by atoms with Crippen LogP contribution in [0.15, 0.2) is 41.4 Å². The summed E-state index contributed by atoms with van der Waals surface area (Å²) in [4.78, 5) is 0.110. The number of nitrogens with one attached hydrogen (secondary N) is 1. The molecule has 0 aliphatic rings. The van der Waals surface area contributed by atoms with E-state index in [-0.39, 0.29) is 17.1 Å². The molecular weight excluding hydrogens is 264 g/mol. The summed E-state index contributed by atoms with van der Waals surface area (Å²) in [5, 5.41) is 7.50. The van der Waals surface area contributed by atoms with Crippen LogP contribution in [0.1, 0.15) is 11.3 Å². The molecule has 2 aromatic rings. The van der Waals surface area contributed by atoms with E-state index < -0.39 is 10.0 Å². The maximum atomic E-state index is 12.2. The van der Waals surface area contributed by atoms with Crippen LogP contribution in [0.3, 0.4) is 0 Å². The van der Waals surface area contributed by atoms with E-state index in [0.29, 0.717) is 11.3 Å². The summed E-state index contributed by atoms with van der Waals surface area (Å²) in [6.45, 7) is 1.77. The lowest BCUT2D eigenvalue weighted by atomic mass is 10.2. The molecule has 0 fully saturated rings. The first-order chi connectivity index (χ1) is 9.00. The molecule has 0 aliphatic carbocycles. The second-order valence-electron chi connectivity index (χ2n) is 4.03. The summed E-state index contributed by atoms with van der Waals surface area (Å²) in [6.07, 6.45) is 1.53. The van der Waals surface area contributed by atoms with Crippen molar-refractivity contribution in [1.29, 1.82) is 0 Å². The monoisotopic (exact) mass is 278 g/mol. The van der Waals surface area contributed by atoms with Gasteiger partial charge in [-0.2, -0.15) is 10.2 Å². The normalized spacial score (nSPS) is 11.4. The number of nitrogens with zero attached hydrogens (tertiary/aromatic N) is 2. The molecule has 2 rings (SSSR count). The van der Waals surface area contributed by atoms with Crippen LogP contribution >= 0.6 is 0 Å². The third kappa shape index (κ3) is 3.07. The van der Waals surface area contributed by atoms with Gasteiger partial charge in [-0.05, 0) is 30.7 Å². The van der Waals surface area contributed by atoms with Crippen molar-refractivity contribution in [2.45, 2.75) is 18.4 Å². The fourth-order valence-corrected chi connectivity index (χ4v) is 3.06. The zero-order valence-electron chi connectivity index (χ0n) is 10.4. The molecule has 0 amide bonds. The van der Waals surface area contributed by atoms with E-state index in [4.69, 9.17) is 5.73 Å². The topological polar surface area (TPSA) is 98.0 Å². The molecule has 6 nitrogen and oxygen atoms in total. The highest BCUT2D eigenvalue weighted by molar-refractivity contribution is 7.89. The molecule has 0 radical (unpaired) electrons. The third-order valence-corrected chi connectivity index (χ3v) is 4.20. The van der Waals surface area contributed by atoms with Gasteiger partial charge in [-0.25, -0.2) is 13.1 Å². The van der Waals surface area contributed by atoms with Crippen molar-refractivity contribution in [3.63, 3.8) is 0 Å². The number of hydrogen-bond acceptors (Lipinski definition) is 5. The molecular formula is C12H14N4O2S. The van der Waals surface area contributed by atoms with Gasteiger partial charge in [0.2, 0.25) is 10.0 Å². The molecule has 0 atom stereocenters. The van der Waals surface area contributed by atoms with Gasteiger partial charge in [0.05, 0.1) is 17.9 Å². The summed E-state index contributed by atoms with van der Waals surface area (Å²) < 4.78 is 26.9. The first kappa shape index (κ1) is 13.4. The minimum atomic E-state index is -3.66. The standard InChI is InChI=1S/C12H14N4O2S/c1-9-4-2-6-11(13)12(9)19(17,18)15-8-10-5-3-7-14-16-10/h2-7,15H,8,13H2,1H3. The number of aryl methyl sites for hydroxylation is 1. The van der Waals surface area contributed by atoms with E-state index in [1.165, 1.54) is 6.20 Å². The summed E-state index contributed by atoms with van der Waals surface area (Å²) in [5.74, 6) is 0. The molecule has 0 unspecified atom stereocenters. The van der Waals surface area contributed by atoms with Crippen LogP contribution in [-0.4, -0.2) is 18.6 Å². The predicted molar refractivity (Wildman–Crippen MR) is 71.6 cm³/mol. The number of aromatic nitrogens is 2. The minimum Gasteiger partial charge on any atom is -0.398 e. The van der Waals surface area contributed by atoms with Crippen LogP contribution < -0.4 is 10.5 Å². The second kappa shape index (κ2) is 5.33. The summed E-state index contributed by atoms with van der Waals surface area (Å²) in [6, 6.07) is 8.36. The highest BCUT2D eigenvalue weighted by atomic mass is 32.2. The van der Waals surface area contributed by atoms with E-state index >= 15 is 0 Å². The van der Waals surface area contributed by atoms with Crippen LogP contribution in [0, 0.1) is 6.92 Å². The van der Waals surface area contributed by atoms with Crippen LogP contribution in [0.5, 0.6) is 0 Å². The molecule has 0 saturated carbocycles. The van der Waals surface area contributed by atoms with Gasteiger partial charge in [0.1, 0.15) is 4.90 Å². The lowest BCUT2D eigenvalue weighted by molar-refractivity contribution is 0.580. The summed E-state index contributed by atoms with van der Waals surface area (Å²) in [5.41, 5.74) is 7.10. The minimum absolute atomic E-state index is 0.0734. The van der Waals surface area contributed by atoms with Crippen molar-refractivity contribution in [1.82, 2.24) is 14.9 Å². The highest BCUT2D eigenvalue weighted by Crippen LogP contribution is 2.21. The number of hydrogen-bond donors (Lipinski definition) is 2. The molecule has 1 aromatic carbocycles. The Hall–Kier alpha value is -1.99. The first-order valence-corrected chi connectivity index (χ1v) is 7.10. The lowest BCUT2D eigenvalue weighted by Crippen LogP contribution is -2.25. The van der Waals surface area contributed by atoms with Crippen molar-refractivity contribution in [3.05, 3.63) is 47.8 Å². The van der Waals surface area contributed by atoms with E-state index in [1.807, 2.05) is 0 Å². The molecule has 100 valence electrons. The van der Waals surface area contributed by atoms with Gasteiger partial charge in [0, 0.05) is 6.20 Å². The number of anilines is 1. The van der Waals surface area contributed by atoms with Crippen molar-refractivity contribution in [2.24, 2.45) is 0 Å². The van der Waals surface area contributed by atoms with E-state index in [0.717, 1.165) is 0 Å². The SMILES string of the molecule is Cc1cccc(N)c1S(=O)(=O)NCc1cccnn1. The number of benzene rings is 1. The van der Waals surface area contributed by atoms with Gasteiger partial charge in [0.25, 0.3) is 0 Å². The zero-order chi connectivity index (χ0) is 13.9. The Morgan fingerprint density at radius 2 is 2.05 bits per heavy atom. The number of sulfonamides is 1. The fraction of sp³-hybridized carbons (Fsp3) is 0.167.